The van der Waals surface area contributed by atoms with Crippen LogP contribution in [0.15, 0.2) is 30.3 Å². The molecule has 118 valence electrons. The lowest BCUT2D eigenvalue weighted by molar-refractivity contribution is -0.137. The Morgan fingerprint density at radius 2 is 2.00 bits per heavy atom. The molecule has 0 aromatic heterocycles. The average molecular weight is 323 g/mol. The van der Waals surface area contributed by atoms with Crippen molar-refractivity contribution < 1.29 is 14.3 Å². The predicted molar refractivity (Wildman–Crippen MR) is 86.3 cm³/mol. The first kappa shape index (κ1) is 16.5. The molecule has 1 aromatic carbocycles. The molecule has 0 saturated heterocycles. The van der Waals surface area contributed by atoms with Gasteiger partial charge in [0.1, 0.15) is 5.54 Å². The molecule has 22 heavy (non-hydrogen) atoms. The molecule has 1 aromatic rings. The van der Waals surface area contributed by atoms with Gasteiger partial charge in [0.15, 0.2) is 0 Å². The highest BCUT2D eigenvalue weighted by Gasteiger charge is 2.43. The van der Waals surface area contributed by atoms with Crippen molar-refractivity contribution >= 4 is 35.4 Å². The maximum atomic E-state index is 12.2. The number of anilines is 1. The van der Waals surface area contributed by atoms with Gasteiger partial charge in [-0.25, -0.2) is 9.63 Å². The Morgan fingerprint density at radius 3 is 2.50 bits per heavy atom. The van der Waals surface area contributed by atoms with E-state index in [0.717, 1.165) is 24.8 Å². The number of nitrogens with one attached hydrogen (secondary N) is 2. The highest BCUT2D eigenvalue weighted by Crippen LogP contribution is 2.33. The summed E-state index contributed by atoms with van der Waals surface area (Å²) in [6, 6.07) is 7.19. The van der Waals surface area contributed by atoms with Gasteiger partial charge in [-0.1, -0.05) is 12.1 Å². The fourth-order valence-corrected chi connectivity index (χ4v) is 2.45. The van der Waals surface area contributed by atoms with Crippen molar-refractivity contribution in [2.75, 3.05) is 11.9 Å². The van der Waals surface area contributed by atoms with Crippen molar-refractivity contribution in [1.82, 2.24) is 4.84 Å². The van der Waals surface area contributed by atoms with Crippen LogP contribution in [0.5, 0.6) is 0 Å². The molecule has 1 saturated carbocycles. The Bertz CT molecular complexity index is 560. The van der Waals surface area contributed by atoms with Gasteiger partial charge in [0, 0.05) is 11.8 Å². The number of carbonyl (C=O) groups excluding carboxylic acids is 2. The van der Waals surface area contributed by atoms with Crippen molar-refractivity contribution in [3.8, 4) is 0 Å². The summed E-state index contributed by atoms with van der Waals surface area (Å²) in [5.41, 5.74) is 0.890. The van der Waals surface area contributed by atoms with Crippen LogP contribution in [0, 0.1) is 0 Å². The lowest BCUT2D eigenvalue weighted by Crippen LogP contribution is -2.56. The van der Waals surface area contributed by atoms with E-state index < -0.39 is 5.54 Å². The normalized spacial score (nSPS) is 16.1. The van der Waals surface area contributed by atoms with Crippen LogP contribution in [0.1, 0.15) is 31.7 Å². The van der Waals surface area contributed by atoms with Gasteiger partial charge in [-0.05, 0) is 61.7 Å². The number of esters is 1. The number of hydrogen-bond donors (Lipinski definition) is 2. The summed E-state index contributed by atoms with van der Waals surface area (Å²) in [6.45, 7) is 2.11. The number of benzene rings is 1. The Hall–Kier alpha value is -1.85. The third kappa shape index (κ3) is 3.87. The lowest BCUT2D eigenvalue weighted by Gasteiger charge is -2.38. The van der Waals surface area contributed by atoms with Crippen LogP contribution in [0.3, 0.4) is 0 Å². The van der Waals surface area contributed by atoms with E-state index in [4.69, 9.17) is 16.5 Å². The summed E-state index contributed by atoms with van der Waals surface area (Å²) in [6.07, 6.45) is 5.51. The molecule has 1 fully saturated rings. The van der Waals surface area contributed by atoms with Crippen LogP contribution in [0.4, 0.5) is 5.69 Å². The fraction of sp³-hybridized carbons (Fsp3) is 0.375. The van der Waals surface area contributed by atoms with Crippen molar-refractivity contribution in [3.05, 3.63) is 35.9 Å². The molecule has 0 aliphatic heterocycles. The first-order valence-electron chi connectivity index (χ1n) is 7.24. The zero-order chi connectivity index (χ0) is 16.0. The molecular weight excluding hydrogens is 304 g/mol. The SMILES string of the molecule is CCOC(=O)/C=C/c1ccc(NC(=O)C2(NCl)CCC2)cc1. The van der Waals surface area contributed by atoms with Gasteiger partial charge in [-0.15, -0.1) is 0 Å². The quantitative estimate of drug-likeness (QED) is 0.480. The van der Waals surface area contributed by atoms with Gasteiger partial charge >= 0.3 is 5.97 Å². The first-order chi connectivity index (χ1) is 10.6. The van der Waals surface area contributed by atoms with Crippen LogP contribution in [0.25, 0.3) is 6.08 Å². The second kappa shape index (κ2) is 7.42. The van der Waals surface area contributed by atoms with Crippen molar-refractivity contribution in [1.29, 1.82) is 0 Å². The Labute approximate surface area is 134 Å². The summed E-state index contributed by atoms with van der Waals surface area (Å²) in [7, 11) is 0. The first-order valence-corrected chi connectivity index (χ1v) is 7.61. The van der Waals surface area contributed by atoms with Crippen molar-refractivity contribution in [2.24, 2.45) is 0 Å². The molecule has 5 nitrogen and oxygen atoms in total. The highest BCUT2D eigenvalue weighted by molar-refractivity contribution is 6.17. The van der Waals surface area contributed by atoms with Gasteiger partial charge in [0.05, 0.1) is 6.61 Å². The van der Waals surface area contributed by atoms with Gasteiger partial charge in [-0.3, -0.25) is 4.79 Å². The third-order valence-electron chi connectivity index (χ3n) is 3.69. The number of amides is 1. The monoisotopic (exact) mass is 322 g/mol. The molecule has 1 amide bonds. The molecule has 0 radical (unpaired) electrons. The molecule has 6 heteroatoms. The summed E-state index contributed by atoms with van der Waals surface area (Å²) >= 11 is 5.68. The largest absolute Gasteiger partial charge is 0.463 e. The number of rotatable bonds is 6. The molecular formula is C16H19ClN2O3. The predicted octanol–water partition coefficient (Wildman–Crippen LogP) is 2.87. The minimum Gasteiger partial charge on any atom is -0.463 e. The van der Waals surface area contributed by atoms with Crippen molar-refractivity contribution in [3.63, 3.8) is 0 Å². The summed E-state index contributed by atoms with van der Waals surface area (Å²) < 4.78 is 4.81. The van der Waals surface area contributed by atoms with E-state index in [1.165, 1.54) is 6.08 Å². The van der Waals surface area contributed by atoms with Crippen LogP contribution < -0.4 is 10.2 Å². The summed E-state index contributed by atoms with van der Waals surface area (Å²) in [5, 5.41) is 2.85. The minimum atomic E-state index is -0.649. The topological polar surface area (TPSA) is 67.4 Å². The Morgan fingerprint density at radius 1 is 1.32 bits per heavy atom. The maximum Gasteiger partial charge on any atom is 0.330 e. The number of carbonyl (C=O) groups is 2. The average Bonchev–Trinajstić information content (AvgIpc) is 2.46. The van der Waals surface area contributed by atoms with E-state index in [1.54, 1.807) is 25.1 Å². The van der Waals surface area contributed by atoms with Gasteiger partial charge in [0.2, 0.25) is 5.91 Å². The minimum absolute atomic E-state index is 0.122. The van der Waals surface area contributed by atoms with Crippen LogP contribution >= 0.6 is 11.8 Å². The Kier molecular flexibility index (Phi) is 5.57. The van der Waals surface area contributed by atoms with Crippen LogP contribution in [0.2, 0.25) is 0 Å². The van der Waals surface area contributed by atoms with Gasteiger partial charge in [0.25, 0.3) is 0 Å². The van der Waals surface area contributed by atoms with E-state index >= 15 is 0 Å². The molecule has 1 aliphatic carbocycles. The van der Waals surface area contributed by atoms with E-state index in [1.807, 2.05) is 12.1 Å². The highest BCUT2D eigenvalue weighted by atomic mass is 35.5. The summed E-state index contributed by atoms with van der Waals surface area (Å²) in [5.74, 6) is -0.497. The fourth-order valence-electron chi connectivity index (χ4n) is 2.18. The molecule has 0 heterocycles. The molecule has 0 unspecified atom stereocenters. The Balaban J connectivity index is 1.94. The molecule has 0 bridgehead atoms. The zero-order valence-electron chi connectivity index (χ0n) is 12.4. The standard InChI is InChI=1S/C16H19ClN2O3/c1-2-22-14(20)9-6-12-4-7-13(8-5-12)18-15(21)16(19-17)10-3-11-16/h4-9,19H,2-3,10-11H2,1H3,(H,18,21)/b9-6+. The lowest BCUT2D eigenvalue weighted by atomic mass is 9.77. The van der Waals surface area contributed by atoms with Crippen LogP contribution in [-0.2, 0) is 14.3 Å². The molecule has 0 spiro atoms. The second-order valence-electron chi connectivity index (χ2n) is 5.19. The van der Waals surface area contributed by atoms with E-state index in [9.17, 15) is 9.59 Å². The number of halogens is 1. The molecule has 1 aliphatic rings. The third-order valence-corrected chi connectivity index (χ3v) is 4.05. The van der Waals surface area contributed by atoms with E-state index in [0.29, 0.717) is 12.3 Å². The number of ether oxygens (including phenoxy) is 1. The van der Waals surface area contributed by atoms with Gasteiger partial charge < -0.3 is 10.1 Å². The van der Waals surface area contributed by atoms with Crippen molar-refractivity contribution in [2.45, 2.75) is 31.7 Å². The molecule has 2 rings (SSSR count). The summed E-state index contributed by atoms with van der Waals surface area (Å²) in [4.78, 5) is 26.0. The molecule has 2 N–H and O–H groups in total. The second-order valence-corrected chi connectivity index (χ2v) is 5.38. The van der Waals surface area contributed by atoms with E-state index in [2.05, 4.69) is 10.2 Å². The maximum absolute atomic E-state index is 12.2. The zero-order valence-corrected chi connectivity index (χ0v) is 13.2. The van der Waals surface area contributed by atoms with Gasteiger partial charge in [-0.2, -0.15) is 0 Å². The smallest absolute Gasteiger partial charge is 0.330 e. The van der Waals surface area contributed by atoms with Crippen LogP contribution in [-0.4, -0.2) is 24.0 Å². The molecule has 0 atom stereocenters. The van der Waals surface area contributed by atoms with E-state index in [-0.39, 0.29) is 11.9 Å². The number of hydrogen-bond acceptors (Lipinski definition) is 4.